The van der Waals surface area contributed by atoms with E-state index in [4.69, 9.17) is 4.74 Å². The van der Waals surface area contributed by atoms with Crippen LogP contribution in [0.25, 0.3) is 5.69 Å². The highest BCUT2D eigenvalue weighted by Gasteiger charge is 2.26. The minimum Gasteiger partial charge on any atom is -0.379 e. The number of aromatic nitrogens is 2. The normalized spacial score (nSPS) is 14.8. The van der Waals surface area contributed by atoms with Crippen molar-refractivity contribution in [3.8, 4) is 5.69 Å². The monoisotopic (exact) mass is 472 g/mol. The summed E-state index contributed by atoms with van der Waals surface area (Å²) in [6, 6.07) is 11.4. The molecule has 1 aliphatic rings. The maximum atomic E-state index is 14.3. The molecule has 1 aliphatic heterocycles. The standard InChI is InChI=1S/C23H25FN4O4S/c24-21-15-19(3-7-22(21)27-10-9-25-17-27)16-26-23(29)8-4-18-1-5-20(6-2-18)33(30,31)28-11-13-32-14-12-28/h1-3,5-7,9-10,15,17H,4,8,11-14,16H2,(H,26,29). The molecule has 0 radical (unpaired) electrons. The van der Waals surface area contributed by atoms with Crippen LogP contribution in [0.15, 0.2) is 66.1 Å². The van der Waals surface area contributed by atoms with Crippen molar-refractivity contribution < 1.29 is 22.3 Å². The molecule has 1 saturated heterocycles. The number of hydrogen-bond acceptors (Lipinski definition) is 5. The van der Waals surface area contributed by atoms with Crippen LogP contribution in [0.5, 0.6) is 0 Å². The Morgan fingerprint density at radius 1 is 1.09 bits per heavy atom. The van der Waals surface area contributed by atoms with Crippen molar-refractivity contribution in [2.75, 3.05) is 26.3 Å². The minimum absolute atomic E-state index is 0.167. The van der Waals surface area contributed by atoms with Crippen LogP contribution >= 0.6 is 0 Å². The van der Waals surface area contributed by atoms with Crippen molar-refractivity contribution in [2.45, 2.75) is 24.3 Å². The lowest BCUT2D eigenvalue weighted by Crippen LogP contribution is -2.40. The zero-order valence-corrected chi connectivity index (χ0v) is 18.8. The highest BCUT2D eigenvalue weighted by Crippen LogP contribution is 2.18. The number of imidazole rings is 1. The average molecular weight is 473 g/mol. The van der Waals surface area contributed by atoms with Gasteiger partial charge in [-0.05, 0) is 41.8 Å². The molecule has 174 valence electrons. The zero-order chi connectivity index (χ0) is 23.3. The van der Waals surface area contributed by atoms with Gasteiger partial charge in [-0.15, -0.1) is 0 Å². The number of carbonyl (C=O) groups excluding carboxylic acids is 1. The topological polar surface area (TPSA) is 93.5 Å². The second-order valence-electron chi connectivity index (χ2n) is 7.69. The molecular weight excluding hydrogens is 447 g/mol. The van der Waals surface area contributed by atoms with Crippen LogP contribution in [0.1, 0.15) is 17.5 Å². The molecule has 0 unspecified atom stereocenters. The number of amides is 1. The molecule has 8 nitrogen and oxygen atoms in total. The van der Waals surface area contributed by atoms with E-state index >= 15 is 0 Å². The summed E-state index contributed by atoms with van der Waals surface area (Å²) in [6.07, 6.45) is 5.46. The Balaban J connectivity index is 1.27. The van der Waals surface area contributed by atoms with Gasteiger partial charge in [0.1, 0.15) is 5.82 Å². The summed E-state index contributed by atoms with van der Waals surface area (Å²) >= 11 is 0. The molecule has 3 aromatic rings. The predicted molar refractivity (Wildman–Crippen MR) is 120 cm³/mol. The van der Waals surface area contributed by atoms with E-state index in [-0.39, 0.29) is 23.8 Å². The molecule has 0 atom stereocenters. The maximum absolute atomic E-state index is 14.3. The van der Waals surface area contributed by atoms with Gasteiger partial charge < -0.3 is 14.6 Å². The Morgan fingerprint density at radius 3 is 2.48 bits per heavy atom. The number of ether oxygens (including phenoxy) is 1. The molecule has 0 spiro atoms. The van der Waals surface area contributed by atoms with Crippen molar-refractivity contribution in [3.63, 3.8) is 0 Å². The fourth-order valence-corrected chi connectivity index (χ4v) is 4.99. The third-order valence-electron chi connectivity index (χ3n) is 5.46. The molecule has 0 bridgehead atoms. The van der Waals surface area contributed by atoms with Crippen LogP contribution in [0.4, 0.5) is 4.39 Å². The molecule has 10 heteroatoms. The van der Waals surface area contributed by atoms with Gasteiger partial charge in [-0.1, -0.05) is 18.2 Å². The summed E-state index contributed by atoms with van der Waals surface area (Å²) in [6.45, 7) is 1.71. The van der Waals surface area contributed by atoms with E-state index in [1.54, 1.807) is 53.4 Å². The third kappa shape index (κ3) is 5.65. The number of sulfonamides is 1. The molecule has 1 fully saturated rings. The Morgan fingerprint density at radius 2 is 1.82 bits per heavy atom. The maximum Gasteiger partial charge on any atom is 0.243 e. The first kappa shape index (κ1) is 23.1. The Bertz CT molecular complexity index is 1190. The van der Waals surface area contributed by atoms with Crippen molar-refractivity contribution in [2.24, 2.45) is 0 Å². The van der Waals surface area contributed by atoms with E-state index in [0.29, 0.717) is 44.0 Å². The number of benzene rings is 2. The quantitative estimate of drug-likeness (QED) is 0.543. The SMILES string of the molecule is O=C(CCc1ccc(S(=O)(=O)N2CCOCC2)cc1)NCc1ccc(-n2ccnc2)c(F)c1. The van der Waals surface area contributed by atoms with Gasteiger partial charge in [0.2, 0.25) is 15.9 Å². The third-order valence-corrected chi connectivity index (χ3v) is 7.37. The van der Waals surface area contributed by atoms with E-state index in [2.05, 4.69) is 10.3 Å². The van der Waals surface area contributed by atoms with Crippen LogP contribution in [0.3, 0.4) is 0 Å². The number of halogens is 1. The lowest BCUT2D eigenvalue weighted by Gasteiger charge is -2.26. The fraction of sp³-hybridized carbons (Fsp3) is 0.304. The lowest BCUT2D eigenvalue weighted by molar-refractivity contribution is -0.121. The van der Waals surface area contributed by atoms with Gasteiger partial charge in [0, 0.05) is 38.4 Å². The summed E-state index contributed by atoms with van der Waals surface area (Å²) in [7, 11) is -3.53. The van der Waals surface area contributed by atoms with E-state index < -0.39 is 15.8 Å². The van der Waals surface area contributed by atoms with Crippen molar-refractivity contribution in [1.29, 1.82) is 0 Å². The largest absolute Gasteiger partial charge is 0.379 e. The number of morpholine rings is 1. The van der Waals surface area contributed by atoms with Gasteiger partial charge in [0.25, 0.3) is 0 Å². The second kappa shape index (κ2) is 10.2. The number of rotatable bonds is 8. The molecule has 33 heavy (non-hydrogen) atoms. The van der Waals surface area contributed by atoms with Crippen LogP contribution < -0.4 is 5.32 Å². The minimum atomic E-state index is -3.53. The summed E-state index contributed by atoms with van der Waals surface area (Å²) < 4.78 is 47.9. The summed E-state index contributed by atoms with van der Waals surface area (Å²) in [5.41, 5.74) is 1.91. The number of nitrogens with zero attached hydrogens (tertiary/aromatic N) is 3. The molecule has 2 heterocycles. The summed E-state index contributed by atoms with van der Waals surface area (Å²) in [5, 5.41) is 2.79. The Labute approximate surface area is 192 Å². The van der Waals surface area contributed by atoms with Crippen molar-refractivity contribution in [1.82, 2.24) is 19.2 Å². The van der Waals surface area contributed by atoms with Crippen molar-refractivity contribution in [3.05, 3.63) is 78.1 Å². The van der Waals surface area contributed by atoms with E-state index in [0.717, 1.165) is 5.56 Å². The molecule has 2 aromatic carbocycles. The van der Waals surface area contributed by atoms with Gasteiger partial charge in [-0.25, -0.2) is 17.8 Å². The number of hydrogen-bond donors (Lipinski definition) is 1. The van der Waals surface area contributed by atoms with E-state index in [1.807, 2.05) is 0 Å². The smallest absolute Gasteiger partial charge is 0.243 e. The molecular formula is C23H25FN4O4S. The number of nitrogens with one attached hydrogen (secondary N) is 1. The molecule has 4 rings (SSSR count). The first-order valence-electron chi connectivity index (χ1n) is 10.6. The summed E-state index contributed by atoms with van der Waals surface area (Å²) in [5.74, 6) is -0.564. The highest BCUT2D eigenvalue weighted by atomic mass is 32.2. The zero-order valence-electron chi connectivity index (χ0n) is 18.0. The molecule has 1 amide bonds. The van der Waals surface area contributed by atoms with Gasteiger partial charge in [0.15, 0.2) is 0 Å². The van der Waals surface area contributed by atoms with E-state index in [9.17, 15) is 17.6 Å². The van der Waals surface area contributed by atoms with E-state index in [1.165, 1.54) is 16.7 Å². The van der Waals surface area contributed by atoms with Crippen LogP contribution in [-0.4, -0.2) is 54.5 Å². The first-order chi connectivity index (χ1) is 15.9. The van der Waals surface area contributed by atoms with Gasteiger partial charge in [-0.3, -0.25) is 4.79 Å². The highest BCUT2D eigenvalue weighted by molar-refractivity contribution is 7.89. The fourth-order valence-electron chi connectivity index (χ4n) is 3.58. The molecule has 0 aliphatic carbocycles. The Kier molecular flexibility index (Phi) is 7.17. The number of aryl methyl sites for hydroxylation is 1. The Hall–Kier alpha value is -3.08. The first-order valence-corrected chi connectivity index (χ1v) is 12.1. The lowest BCUT2D eigenvalue weighted by atomic mass is 10.1. The van der Waals surface area contributed by atoms with Crippen LogP contribution in [0, 0.1) is 5.82 Å². The van der Waals surface area contributed by atoms with Gasteiger partial charge >= 0.3 is 0 Å². The predicted octanol–water partition coefficient (Wildman–Crippen LogP) is 2.28. The molecule has 1 aromatic heterocycles. The molecule has 1 N–H and O–H groups in total. The van der Waals surface area contributed by atoms with Crippen LogP contribution in [0.2, 0.25) is 0 Å². The second-order valence-corrected chi connectivity index (χ2v) is 9.63. The summed E-state index contributed by atoms with van der Waals surface area (Å²) in [4.78, 5) is 16.4. The van der Waals surface area contributed by atoms with Gasteiger partial charge in [0.05, 0.1) is 30.1 Å². The van der Waals surface area contributed by atoms with Crippen LogP contribution in [-0.2, 0) is 32.5 Å². The number of carbonyl (C=O) groups is 1. The molecule has 0 saturated carbocycles. The average Bonchev–Trinajstić information content (AvgIpc) is 3.37. The van der Waals surface area contributed by atoms with Crippen molar-refractivity contribution >= 4 is 15.9 Å². The van der Waals surface area contributed by atoms with Gasteiger partial charge in [-0.2, -0.15) is 4.31 Å².